The SMILES string of the molecule is COc1ccccc1/C=N\NC(=O)c1c[nH]c2ccccc12. The molecule has 0 fully saturated rings. The number of nitrogens with zero attached hydrogens (tertiary/aromatic N) is 1. The zero-order chi connectivity index (χ0) is 15.4. The van der Waals surface area contributed by atoms with Crippen molar-refractivity contribution in [1.82, 2.24) is 10.4 Å². The number of benzene rings is 2. The number of methoxy groups -OCH3 is 1. The maximum atomic E-state index is 12.2. The van der Waals surface area contributed by atoms with Crippen molar-refractivity contribution in [2.24, 2.45) is 5.10 Å². The quantitative estimate of drug-likeness (QED) is 0.573. The summed E-state index contributed by atoms with van der Waals surface area (Å²) < 4.78 is 5.22. The molecule has 1 heterocycles. The number of para-hydroxylation sites is 2. The molecule has 0 saturated heterocycles. The van der Waals surface area contributed by atoms with E-state index < -0.39 is 0 Å². The van der Waals surface area contributed by atoms with Crippen molar-refractivity contribution in [2.75, 3.05) is 7.11 Å². The Morgan fingerprint density at radius 1 is 1.18 bits per heavy atom. The van der Waals surface area contributed by atoms with Gasteiger partial charge in [-0.15, -0.1) is 0 Å². The topological polar surface area (TPSA) is 66.5 Å². The minimum absolute atomic E-state index is 0.261. The number of hydrazone groups is 1. The summed E-state index contributed by atoms with van der Waals surface area (Å²) in [6.45, 7) is 0. The van der Waals surface area contributed by atoms with Gasteiger partial charge in [-0.1, -0.05) is 30.3 Å². The van der Waals surface area contributed by atoms with Crippen LogP contribution in [0.1, 0.15) is 15.9 Å². The van der Waals surface area contributed by atoms with Crippen LogP contribution >= 0.6 is 0 Å². The molecule has 0 bridgehead atoms. The van der Waals surface area contributed by atoms with Gasteiger partial charge < -0.3 is 9.72 Å². The predicted molar refractivity (Wildman–Crippen MR) is 86.4 cm³/mol. The van der Waals surface area contributed by atoms with E-state index in [1.165, 1.54) is 0 Å². The van der Waals surface area contributed by atoms with Gasteiger partial charge in [-0.25, -0.2) is 5.43 Å². The maximum absolute atomic E-state index is 12.2. The molecule has 0 spiro atoms. The van der Waals surface area contributed by atoms with Crippen LogP contribution in [0.15, 0.2) is 59.8 Å². The molecule has 1 amide bonds. The third-order valence-electron chi connectivity index (χ3n) is 3.34. The van der Waals surface area contributed by atoms with Crippen molar-refractivity contribution in [1.29, 1.82) is 0 Å². The largest absolute Gasteiger partial charge is 0.496 e. The van der Waals surface area contributed by atoms with E-state index in [9.17, 15) is 4.79 Å². The minimum atomic E-state index is -0.261. The molecule has 3 aromatic rings. The molecule has 0 aliphatic rings. The maximum Gasteiger partial charge on any atom is 0.273 e. The number of nitrogens with one attached hydrogen (secondary N) is 2. The first-order chi connectivity index (χ1) is 10.8. The first kappa shape index (κ1) is 13.9. The number of H-pyrrole nitrogens is 1. The van der Waals surface area contributed by atoms with Gasteiger partial charge in [-0.05, 0) is 18.2 Å². The first-order valence-electron chi connectivity index (χ1n) is 6.82. The van der Waals surface area contributed by atoms with Gasteiger partial charge in [0.05, 0.1) is 18.9 Å². The van der Waals surface area contributed by atoms with E-state index in [2.05, 4.69) is 15.5 Å². The van der Waals surface area contributed by atoms with Crippen LogP contribution in [0.2, 0.25) is 0 Å². The smallest absolute Gasteiger partial charge is 0.273 e. The van der Waals surface area contributed by atoms with Crippen molar-refractivity contribution >= 4 is 23.0 Å². The Bertz CT molecular complexity index is 837. The highest BCUT2D eigenvalue weighted by molar-refractivity contribution is 6.06. The lowest BCUT2D eigenvalue weighted by molar-refractivity contribution is 0.0957. The molecule has 5 nitrogen and oxygen atoms in total. The number of fused-ring (bicyclic) bond motifs is 1. The molecule has 0 atom stereocenters. The van der Waals surface area contributed by atoms with Crippen LogP contribution in [0.3, 0.4) is 0 Å². The Labute approximate surface area is 127 Å². The number of amides is 1. The number of rotatable bonds is 4. The van der Waals surface area contributed by atoms with Crippen molar-refractivity contribution < 1.29 is 9.53 Å². The fourth-order valence-electron chi connectivity index (χ4n) is 2.25. The Kier molecular flexibility index (Phi) is 3.87. The molecular weight excluding hydrogens is 278 g/mol. The van der Waals surface area contributed by atoms with Crippen LogP contribution in [-0.4, -0.2) is 24.2 Å². The lowest BCUT2D eigenvalue weighted by atomic mass is 10.2. The first-order valence-corrected chi connectivity index (χ1v) is 6.82. The number of aromatic amines is 1. The van der Waals surface area contributed by atoms with E-state index in [0.717, 1.165) is 16.5 Å². The number of carbonyl (C=O) groups is 1. The normalized spacial score (nSPS) is 11.0. The number of hydrogen-bond acceptors (Lipinski definition) is 3. The Morgan fingerprint density at radius 2 is 1.95 bits per heavy atom. The van der Waals surface area contributed by atoms with E-state index >= 15 is 0 Å². The van der Waals surface area contributed by atoms with Crippen molar-refractivity contribution in [3.63, 3.8) is 0 Å². The highest BCUT2D eigenvalue weighted by Gasteiger charge is 2.10. The van der Waals surface area contributed by atoms with Crippen molar-refractivity contribution in [3.05, 3.63) is 65.9 Å². The molecular formula is C17H15N3O2. The average molecular weight is 293 g/mol. The molecule has 0 aliphatic heterocycles. The second-order valence-corrected chi connectivity index (χ2v) is 4.69. The van der Waals surface area contributed by atoms with Gasteiger partial charge in [0.1, 0.15) is 5.75 Å². The third kappa shape index (κ3) is 2.69. The molecule has 22 heavy (non-hydrogen) atoms. The molecule has 0 radical (unpaired) electrons. The molecule has 5 heteroatoms. The van der Waals surface area contributed by atoms with Gasteiger partial charge >= 0.3 is 0 Å². The second kappa shape index (κ2) is 6.13. The van der Waals surface area contributed by atoms with Gasteiger partial charge in [0.25, 0.3) is 5.91 Å². The highest BCUT2D eigenvalue weighted by atomic mass is 16.5. The molecule has 2 N–H and O–H groups in total. The number of hydrogen-bond donors (Lipinski definition) is 2. The summed E-state index contributed by atoms with van der Waals surface area (Å²) in [5, 5.41) is 4.86. The summed E-state index contributed by atoms with van der Waals surface area (Å²) in [5.41, 5.74) is 4.81. The van der Waals surface area contributed by atoms with Crippen LogP contribution in [0.25, 0.3) is 10.9 Å². The van der Waals surface area contributed by atoms with Gasteiger partial charge in [-0.2, -0.15) is 5.10 Å². The number of aromatic nitrogens is 1. The molecule has 110 valence electrons. The lowest BCUT2D eigenvalue weighted by Crippen LogP contribution is -2.17. The molecule has 3 rings (SSSR count). The standard InChI is InChI=1S/C17H15N3O2/c1-22-16-9-5-2-6-12(16)10-19-20-17(21)14-11-18-15-8-4-3-7-13(14)15/h2-11,18H,1H3,(H,20,21)/b19-10-. The van der Waals surface area contributed by atoms with Gasteiger partial charge in [-0.3, -0.25) is 4.79 Å². The number of carbonyl (C=O) groups excluding carboxylic acids is 1. The second-order valence-electron chi connectivity index (χ2n) is 4.69. The number of ether oxygens (including phenoxy) is 1. The molecule has 0 saturated carbocycles. The zero-order valence-electron chi connectivity index (χ0n) is 12.0. The summed E-state index contributed by atoms with van der Waals surface area (Å²) in [5.74, 6) is 0.441. The van der Waals surface area contributed by atoms with Crippen molar-refractivity contribution in [2.45, 2.75) is 0 Å². The fraction of sp³-hybridized carbons (Fsp3) is 0.0588. The Hall–Kier alpha value is -3.08. The van der Waals surface area contributed by atoms with Gasteiger partial charge in [0.15, 0.2) is 0 Å². The van der Waals surface area contributed by atoms with E-state index in [0.29, 0.717) is 11.3 Å². The molecule has 0 unspecified atom stereocenters. The van der Waals surface area contributed by atoms with E-state index in [1.54, 1.807) is 19.5 Å². The van der Waals surface area contributed by atoms with Crippen LogP contribution < -0.4 is 10.2 Å². The van der Waals surface area contributed by atoms with Crippen LogP contribution in [-0.2, 0) is 0 Å². The summed E-state index contributed by atoms with van der Waals surface area (Å²) in [6.07, 6.45) is 3.24. The van der Waals surface area contributed by atoms with E-state index in [4.69, 9.17) is 4.74 Å². The minimum Gasteiger partial charge on any atom is -0.496 e. The Balaban J connectivity index is 1.76. The van der Waals surface area contributed by atoms with Crippen LogP contribution in [0.4, 0.5) is 0 Å². The van der Waals surface area contributed by atoms with Crippen LogP contribution in [0.5, 0.6) is 5.75 Å². The predicted octanol–water partition coefficient (Wildman–Crippen LogP) is 2.94. The summed E-state index contributed by atoms with van der Waals surface area (Å²) in [6, 6.07) is 15.1. The van der Waals surface area contributed by atoms with Gasteiger partial charge in [0.2, 0.25) is 0 Å². The Morgan fingerprint density at radius 3 is 2.82 bits per heavy atom. The van der Waals surface area contributed by atoms with E-state index in [-0.39, 0.29) is 5.91 Å². The summed E-state index contributed by atoms with van der Waals surface area (Å²) in [4.78, 5) is 15.3. The van der Waals surface area contributed by atoms with Crippen LogP contribution in [0, 0.1) is 0 Å². The summed E-state index contributed by atoms with van der Waals surface area (Å²) >= 11 is 0. The third-order valence-corrected chi connectivity index (χ3v) is 3.34. The monoisotopic (exact) mass is 293 g/mol. The lowest BCUT2D eigenvalue weighted by Gasteiger charge is -2.03. The molecule has 1 aromatic heterocycles. The average Bonchev–Trinajstić information content (AvgIpc) is 2.99. The van der Waals surface area contributed by atoms with Crippen molar-refractivity contribution in [3.8, 4) is 5.75 Å². The van der Waals surface area contributed by atoms with Gasteiger partial charge in [0, 0.05) is 22.7 Å². The highest BCUT2D eigenvalue weighted by Crippen LogP contribution is 2.17. The van der Waals surface area contributed by atoms with E-state index in [1.807, 2.05) is 48.5 Å². The molecule has 2 aromatic carbocycles. The zero-order valence-corrected chi connectivity index (χ0v) is 12.0. The molecule has 0 aliphatic carbocycles. The summed E-state index contributed by atoms with van der Waals surface area (Å²) in [7, 11) is 1.59. The fourth-order valence-corrected chi connectivity index (χ4v) is 2.25.